The summed E-state index contributed by atoms with van der Waals surface area (Å²) < 4.78 is 5.58. The highest BCUT2D eigenvalue weighted by molar-refractivity contribution is 9.10. The molecular formula is C13H17BrN2O4. The highest BCUT2D eigenvalue weighted by Gasteiger charge is 2.22. The number of nitrogens with one attached hydrogen (secondary N) is 1. The van der Waals surface area contributed by atoms with Crippen LogP contribution < -0.4 is 5.32 Å². The number of likely N-dealkylation sites (tertiary alicyclic amines) is 1. The normalized spacial score (nSPS) is 16.2. The summed E-state index contributed by atoms with van der Waals surface area (Å²) in [5.74, 6) is -0.0626. The molecule has 0 aliphatic carbocycles. The first kappa shape index (κ1) is 15.1. The number of carbonyl (C=O) groups excluding carboxylic acids is 2. The van der Waals surface area contributed by atoms with Crippen molar-refractivity contribution < 1.29 is 19.1 Å². The molecule has 20 heavy (non-hydrogen) atoms. The maximum Gasteiger partial charge on any atom is 0.287 e. The fraction of sp³-hybridized carbons (Fsp3) is 0.538. The fourth-order valence-corrected chi connectivity index (χ4v) is 2.46. The van der Waals surface area contributed by atoms with Crippen molar-refractivity contribution >= 4 is 27.7 Å². The smallest absolute Gasteiger partial charge is 0.287 e. The molecule has 1 fully saturated rings. The molecule has 0 saturated carbocycles. The molecule has 0 aromatic carbocycles. The maximum absolute atomic E-state index is 11.9. The summed E-state index contributed by atoms with van der Waals surface area (Å²) in [4.78, 5) is 25.4. The lowest BCUT2D eigenvalue weighted by Crippen LogP contribution is -2.44. The van der Waals surface area contributed by atoms with Gasteiger partial charge in [-0.2, -0.15) is 0 Å². The topological polar surface area (TPSA) is 82.8 Å². The van der Waals surface area contributed by atoms with Gasteiger partial charge in [-0.1, -0.05) is 0 Å². The number of rotatable bonds is 4. The molecule has 2 heterocycles. The van der Waals surface area contributed by atoms with Gasteiger partial charge in [0, 0.05) is 19.7 Å². The average Bonchev–Trinajstić information content (AvgIpc) is 2.91. The van der Waals surface area contributed by atoms with E-state index in [2.05, 4.69) is 21.2 Å². The van der Waals surface area contributed by atoms with Crippen molar-refractivity contribution in [2.24, 2.45) is 5.92 Å². The molecule has 0 spiro atoms. The fourth-order valence-electron chi connectivity index (χ4n) is 2.16. The van der Waals surface area contributed by atoms with Crippen LogP contribution in [0.5, 0.6) is 0 Å². The van der Waals surface area contributed by atoms with E-state index >= 15 is 0 Å². The van der Waals surface area contributed by atoms with E-state index in [-0.39, 0.29) is 30.7 Å². The molecule has 0 atom stereocenters. The number of carbonyl (C=O) groups is 2. The van der Waals surface area contributed by atoms with E-state index in [0.29, 0.717) is 17.8 Å². The highest BCUT2D eigenvalue weighted by Crippen LogP contribution is 2.16. The number of piperidine rings is 1. The minimum Gasteiger partial charge on any atom is -0.444 e. The standard InChI is InChI=1S/C13H17BrN2O4/c14-11-2-1-10(20-11)13(19)15-7-12(18)16-5-3-9(8-17)4-6-16/h1-2,9,17H,3-8H2,(H,15,19). The minimum absolute atomic E-state index is 0.0407. The van der Waals surface area contributed by atoms with Gasteiger partial charge in [-0.25, -0.2) is 0 Å². The molecule has 110 valence electrons. The Kier molecular flexibility index (Phi) is 5.19. The summed E-state index contributed by atoms with van der Waals surface area (Å²) in [6, 6.07) is 3.16. The van der Waals surface area contributed by atoms with E-state index < -0.39 is 5.91 Å². The van der Waals surface area contributed by atoms with Crippen LogP contribution in [-0.2, 0) is 4.79 Å². The number of hydrogen-bond donors (Lipinski definition) is 2. The molecule has 2 rings (SSSR count). The molecule has 6 nitrogen and oxygen atoms in total. The highest BCUT2D eigenvalue weighted by atomic mass is 79.9. The second-order valence-corrected chi connectivity index (χ2v) is 5.57. The van der Waals surface area contributed by atoms with Crippen molar-refractivity contribution in [1.29, 1.82) is 0 Å². The van der Waals surface area contributed by atoms with Crippen molar-refractivity contribution in [2.45, 2.75) is 12.8 Å². The van der Waals surface area contributed by atoms with Gasteiger partial charge in [-0.3, -0.25) is 9.59 Å². The molecule has 1 aliphatic heterocycles. The van der Waals surface area contributed by atoms with Crippen LogP contribution in [0.4, 0.5) is 0 Å². The van der Waals surface area contributed by atoms with Crippen molar-refractivity contribution in [3.63, 3.8) is 0 Å². The van der Waals surface area contributed by atoms with Crippen LogP contribution in [0.2, 0.25) is 0 Å². The van der Waals surface area contributed by atoms with Gasteiger partial charge in [-0.15, -0.1) is 0 Å². The zero-order chi connectivity index (χ0) is 14.5. The molecule has 1 saturated heterocycles. The van der Waals surface area contributed by atoms with Gasteiger partial charge in [0.2, 0.25) is 5.91 Å². The Hall–Kier alpha value is -1.34. The molecule has 0 radical (unpaired) electrons. The third kappa shape index (κ3) is 3.83. The quantitative estimate of drug-likeness (QED) is 0.853. The lowest BCUT2D eigenvalue weighted by atomic mass is 9.98. The van der Waals surface area contributed by atoms with Crippen LogP contribution in [0.3, 0.4) is 0 Å². The molecule has 0 bridgehead atoms. The van der Waals surface area contributed by atoms with E-state index in [1.807, 2.05) is 0 Å². The Bertz CT molecular complexity index is 480. The van der Waals surface area contributed by atoms with Gasteiger partial charge in [0.15, 0.2) is 10.4 Å². The molecule has 7 heteroatoms. The second-order valence-electron chi connectivity index (χ2n) is 4.79. The minimum atomic E-state index is -0.408. The first-order chi connectivity index (χ1) is 9.60. The average molecular weight is 345 g/mol. The van der Waals surface area contributed by atoms with E-state index in [0.717, 1.165) is 12.8 Å². The first-order valence-corrected chi connectivity index (χ1v) is 7.31. The number of amides is 2. The predicted molar refractivity (Wildman–Crippen MR) is 75.1 cm³/mol. The Morgan fingerprint density at radius 1 is 1.40 bits per heavy atom. The Balaban J connectivity index is 1.76. The van der Waals surface area contributed by atoms with E-state index in [1.54, 1.807) is 11.0 Å². The Labute approximate surface area is 125 Å². The molecule has 0 unspecified atom stereocenters. The summed E-state index contributed by atoms with van der Waals surface area (Å²) in [5.41, 5.74) is 0. The third-order valence-electron chi connectivity index (χ3n) is 3.42. The molecule has 1 aliphatic rings. The SMILES string of the molecule is O=C(NCC(=O)N1CCC(CO)CC1)c1ccc(Br)o1. The summed E-state index contributed by atoms with van der Waals surface area (Å²) in [6.07, 6.45) is 1.61. The summed E-state index contributed by atoms with van der Waals surface area (Å²) in [7, 11) is 0. The zero-order valence-electron chi connectivity index (χ0n) is 11.0. The van der Waals surface area contributed by atoms with Crippen LogP contribution in [0, 0.1) is 5.92 Å². The van der Waals surface area contributed by atoms with Crippen LogP contribution in [0.25, 0.3) is 0 Å². The van der Waals surface area contributed by atoms with Crippen molar-refractivity contribution in [3.05, 3.63) is 22.6 Å². The largest absolute Gasteiger partial charge is 0.444 e. The van der Waals surface area contributed by atoms with E-state index in [9.17, 15) is 9.59 Å². The number of halogens is 1. The van der Waals surface area contributed by atoms with Gasteiger partial charge in [0.05, 0.1) is 6.54 Å². The Morgan fingerprint density at radius 3 is 2.65 bits per heavy atom. The van der Waals surface area contributed by atoms with Gasteiger partial charge < -0.3 is 19.7 Å². The monoisotopic (exact) mass is 344 g/mol. The van der Waals surface area contributed by atoms with Crippen LogP contribution in [-0.4, -0.2) is 48.1 Å². The number of aliphatic hydroxyl groups excluding tert-OH is 1. The summed E-state index contributed by atoms with van der Waals surface area (Å²) in [6.45, 7) is 1.39. The molecule has 2 N–H and O–H groups in total. The molecule has 1 aromatic heterocycles. The lowest BCUT2D eigenvalue weighted by Gasteiger charge is -2.31. The van der Waals surface area contributed by atoms with Crippen molar-refractivity contribution in [3.8, 4) is 0 Å². The lowest BCUT2D eigenvalue weighted by molar-refractivity contribution is -0.131. The summed E-state index contributed by atoms with van der Waals surface area (Å²) in [5, 5.41) is 11.6. The van der Waals surface area contributed by atoms with Crippen molar-refractivity contribution in [1.82, 2.24) is 10.2 Å². The first-order valence-electron chi connectivity index (χ1n) is 6.52. The maximum atomic E-state index is 11.9. The zero-order valence-corrected chi connectivity index (χ0v) is 12.6. The molecular weight excluding hydrogens is 328 g/mol. The van der Waals surface area contributed by atoms with Crippen LogP contribution in [0.1, 0.15) is 23.4 Å². The molecule has 1 aromatic rings. The summed E-state index contributed by atoms with van der Waals surface area (Å²) >= 11 is 3.11. The third-order valence-corrected chi connectivity index (χ3v) is 3.85. The van der Waals surface area contributed by atoms with Gasteiger partial charge >= 0.3 is 0 Å². The van der Waals surface area contributed by atoms with Gasteiger partial charge in [0.25, 0.3) is 5.91 Å². The number of aliphatic hydroxyl groups is 1. The van der Waals surface area contributed by atoms with E-state index in [1.165, 1.54) is 6.07 Å². The van der Waals surface area contributed by atoms with E-state index in [4.69, 9.17) is 9.52 Å². The van der Waals surface area contributed by atoms with Crippen LogP contribution >= 0.6 is 15.9 Å². The number of hydrogen-bond acceptors (Lipinski definition) is 4. The second kappa shape index (κ2) is 6.90. The molecule has 2 amide bonds. The number of nitrogens with zero attached hydrogens (tertiary/aromatic N) is 1. The van der Waals surface area contributed by atoms with Crippen LogP contribution in [0.15, 0.2) is 21.2 Å². The van der Waals surface area contributed by atoms with Gasteiger partial charge in [-0.05, 0) is 46.8 Å². The predicted octanol–water partition coefficient (Wildman–Crippen LogP) is 1.00. The number of furan rings is 1. The Morgan fingerprint density at radius 2 is 2.10 bits per heavy atom. The van der Waals surface area contributed by atoms with Crippen molar-refractivity contribution in [2.75, 3.05) is 26.2 Å². The van der Waals surface area contributed by atoms with Gasteiger partial charge in [0.1, 0.15) is 0 Å².